The Labute approximate surface area is 94.8 Å². The molecule has 2 rings (SSSR count). The minimum Gasteiger partial charge on any atom is -0.396 e. The van der Waals surface area contributed by atoms with Gasteiger partial charge >= 0.3 is 0 Å². The van der Waals surface area contributed by atoms with E-state index < -0.39 is 0 Å². The zero-order valence-corrected chi connectivity index (χ0v) is 9.96. The first-order valence-electron chi connectivity index (χ1n) is 5.63. The van der Waals surface area contributed by atoms with E-state index in [1.54, 1.807) is 11.3 Å². The second-order valence-electron chi connectivity index (χ2n) is 4.09. The molecular formula is C11H18N2OS. The molecule has 4 heteroatoms. The van der Waals surface area contributed by atoms with Crippen LogP contribution in [0.5, 0.6) is 0 Å². The fraction of sp³-hybridized carbons (Fsp3) is 0.727. The molecule has 84 valence electrons. The summed E-state index contributed by atoms with van der Waals surface area (Å²) in [6.45, 7) is 4.62. The van der Waals surface area contributed by atoms with E-state index in [9.17, 15) is 0 Å². The quantitative estimate of drug-likeness (QED) is 0.852. The van der Waals surface area contributed by atoms with Crippen molar-refractivity contribution in [3.63, 3.8) is 0 Å². The van der Waals surface area contributed by atoms with E-state index >= 15 is 0 Å². The van der Waals surface area contributed by atoms with Crippen LogP contribution in [0.25, 0.3) is 0 Å². The van der Waals surface area contributed by atoms with Gasteiger partial charge in [-0.15, -0.1) is 11.3 Å². The summed E-state index contributed by atoms with van der Waals surface area (Å²) in [6, 6.07) is 0. The van der Waals surface area contributed by atoms with Gasteiger partial charge in [0, 0.05) is 25.1 Å². The van der Waals surface area contributed by atoms with E-state index in [0.717, 1.165) is 31.1 Å². The zero-order chi connectivity index (χ0) is 10.7. The van der Waals surface area contributed by atoms with Crippen molar-refractivity contribution in [3.05, 3.63) is 11.1 Å². The van der Waals surface area contributed by atoms with Crippen LogP contribution >= 0.6 is 11.3 Å². The van der Waals surface area contributed by atoms with Crippen molar-refractivity contribution in [1.29, 1.82) is 0 Å². The molecule has 1 aliphatic heterocycles. The van der Waals surface area contributed by atoms with Crippen LogP contribution in [0.3, 0.4) is 0 Å². The molecule has 0 saturated carbocycles. The standard InChI is InChI=1S/C11H18N2OS/c1-2-10-8-15-11(12-10)13-5-3-9(7-13)4-6-14/h8-9,14H,2-7H2,1H3. The van der Waals surface area contributed by atoms with Gasteiger partial charge in [-0.25, -0.2) is 4.98 Å². The second-order valence-corrected chi connectivity index (χ2v) is 4.92. The Morgan fingerprint density at radius 1 is 1.67 bits per heavy atom. The summed E-state index contributed by atoms with van der Waals surface area (Å²) in [5, 5.41) is 12.2. The molecule has 0 radical (unpaired) electrons. The molecule has 1 unspecified atom stereocenters. The van der Waals surface area contributed by atoms with Gasteiger partial charge in [-0.05, 0) is 25.2 Å². The molecule has 3 nitrogen and oxygen atoms in total. The first kappa shape index (κ1) is 10.9. The second kappa shape index (κ2) is 4.94. The van der Waals surface area contributed by atoms with Gasteiger partial charge in [0.1, 0.15) is 0 Å². The van der Waals surface area contributed by atoms with Crippen molar-refractivity contribution in [3.8, 4) is 0 Å². The molecular weight excluding hydrogens is 208 g/mol. The summed E-state index contributed by atoms with van der Waals surface area (Å²) in [7, 11) is 0. The van der Waals surface area contributed by atoms with Gasteiger partial charge in [-0.2, -0.15) is 0 Å². The van der Waals surface area contributed by atoms with Crippen LogP contribution in [0, 0.1) is 5.92 Å². The fourth-order valence-corrected chi connectivity index (χ4v) is 2.97. The van der Waals surface area contributed by atoms with Crippen LogP contribution in [0.1, 0.15) is 25.5 Å². The third kappa shape index (κ3) is 2.49. The smallest absolute Gasteiger partial charge is 0.185 e. The molecule has 0 bridgehead atoms. The molecule has 0 aliphatic carbocycles. The van der Waals surface area contributed by atoms with Gasteiger partial charge in [0.2, 0.25) is 0 Å². The first-order valence-corrected chi connectivity index (χ1v) is 6.51. The fourth-order valence-electron chi connectivity index (χ4n) is 2.03. The minimum atomic E-state index is 0.316. The van der Waals surface area contributed by atoms with Gasteiger partial charge in [-0.3, -0.25) is 0 Å². The van der Waals surface area contributed by atoms with Crippen molar-refractivity contribution in [2.45, 2.75) is 26.2 Å². The number of thiazole rings is 1. The topological polar surface area (TPSA) is 36.4 Å². The summed E-state index contributed by atoms with van der Waals surface area (Å²) >= 11 is 1.74. The number of aliphatic hydroxyl groups excluding tert-OH is 1. The van der Waals surface area contributed by atoms with Crippen LogP contribution < -0.4 is 4.90 Å². The van der Waals surface area contributed by atoms with Gasteiger partial charge in [-0.1, -0.05) is 6.92 Å². The van der Waals surface area contributed by atoms with E-state index in [0.29, 0.717) is 12.5 Å². The number of aromatic nitrogens is 1. The van der Waals surface area contributed by atoms with Crippen molar-refractivity contribution in [2.75, 3.05) is 24.6 Å². The summed E-state index contributed by atoms with van der Waals surface area (Å²) in [5.41, 5.74) is 1.20. The third-order valence-corrected chi connectivity index (χ3v) is 3.95. The lowest BCUT2D eigenvalue weighted by molar-refractivity contribution is 0.263. The Bertz CT molecular complexity index is 313. The molecule has 1 aromatic heterocycles. The van der Waals surface area contributed by atoms with Crippen molar-refractivity contribution >= 4 is 16.5 Å². The average Bonchev–Trinajstić information content (AvgIpc) is 2.85. The highest BCUT2D eigenvalue weighted by Gasteiger charge is 2.23. The highest BCUT2D eigenvalue weighted by molar-refractivity contribution is 7.13. The molecule has 2 heterocycles. The maximum Gasteiger partial charge on any atom is 0.185 e. The third-order valence-electron chi connectivity index (χ3n) is 3.00. The number of rotatable bonds is 4. The lowest BCUT2D eigenvalue weighted by atomic mass is 10.1. The van der Waals surface area contributed by atoms with Crippen molar-refractivity contribution < 1.29 is 5.11 Å². The lowest BCUT2D eigenvalue weighted by Crippen LogP contribution is -2.19. The van der Waals surface area contributed by atoms with E-state index in [4.69, 9.17) is 5.11 Å². The molecule has 1 fully saturated rings. The zero-order valence-electron chi connectivity index (χ0n) is 9.15. The number of hydrogen-bond donors (Lipinski definition) is 1. The van der Waals surface area contributed by atoms with E-state index in [2.05, 4.69) is 22.2 Å². The summed E-state index contributed by atoms with van der Waals surface area (Å²) in [4.78, 5) is 6.94. The van der Waals surface area contributed by atoms with Crippen LogP contribution in [0.4, 0.5) is 5.13 Å². The molecule has 0 amide bonds. The minimum absolute atomic E-state index is 0.316. The average molecular weight is 226 g/mol. The van der Waals surface area contributed by atoms with Gasteiger partial charge in [0.15, 0.2) is 5.13 Å². The van der Waals surface area contributed by atoms with Crippen LogP contribution in [0.15, 0.2) is 5.38 Å². The van der Waals surface area contributed by atoms with E-state index in [1.807, 2.05) is 0 Å². The summed E-state index contributed by atoms with van der Waals surface area (Å²) < 4.78 is 0. The van der Waals surface area contributed by atoms with Crippen LogP contribution in [0.2, 0.25) is 0 Å². The highest BCUT2D eigenvalue weighted by Crippen LogP contribution is 2.28. The molecule has 15 heavy (non-hydrogen) atoms. The number of nitrogens with zero attached hydrogens (tertiary/aromatic N) is 2. The largest absolute Gasteiger partial charge is 0.396 e. The van der Waals surface area contributed by atoms with E-state index in [-0.39, 0.29) is 0 Å². The highest BCUT2D eigenvalue weighted by atomic mass is 32.1. The lowest BCUT2D eigenvalue weighted by Gasteiger charge is -2.14. The Kier molecular flexibility index (Phi) is 3.59. The Morgan fingerprint density at radius 3 is 3.20 bits per heavy atom. The predicted octanol–water partition coefficient (Wildman–Crippen LogP) is 1.91. The normalized spacial score (nSPS) is 21.2. The summed E-state index contributed by atoms with van der Waals surface area (Å²) in [6.07, 6.45) is 3.15. The molecule has 0 aromatic carbocycles. The Hall–Kier alpha value is -0.610. The summed E-state index contributed by atoms with van der Waals surface area (Å²) in [5.74, 6) is 0.656. The predicted molar refractivity (Wildman–Crippen MR) is 63.5 cm³/mol. The van der Waals surface area contributed by atoms with Gasteiger partial charge in [0.05, 0.1) is 5.69 Å². The number of aliphatic hydroxyl groups is 1. The number of anilines is 1. The Morgan fingerprint density at radius 2 is 2.53 bits per heavy atom. The monoisotopic (exact) mass is 226 g/mol. The van der Waals surface area contributed by atoms with Crippen molar-refractivity contribution in [1.82, 2.24) is 4.98 Å². The molecule has 1 atom stereocenters. The Balaban J connectivity index is 1.95. The van der Waals surface area contributed by atoms with Crippen LogP contribution in [-0.2, 0) is 6.42 Å². The number of aryl methyl sites for hydroxylation is 1. The number of hydrogen-bond acceptors (Lipinski definition) is 4. The van der Waals surface area contributed by atoms with E-state index in [1.165, 1.54) is 12.1 Å². The van der Waals surface area contributed by atoms with Gasteiger partial charge < -0.3 is 10.0 Å². The maximum absolute atomic E-state index is 8.89. The first-order chi connectivity index (χ1) is 7.33. The maximum atomic E-state index is 8.89. The van der Waals surface area contributed by atoms with Crippen LogP contribution in [-0.4, -0.2) is 29.8 Å². The van der Waals surface area contributed by atoms with Gasteiger partial charge in [0.25, 0.3) is 0 Å². The molecule has 1 aromatic rings. The molecule has 1 aliphatic rings. The molecule has 1 N–H and O–H groups in total. The molecule has 1 saturated heterocycles. The molecule has 0 spiro atoms. The SMILES string of the molecule is CCc1csc(N2CCC(CCO)C2)n1. The van der Waals surface area contributed by atoms with Crippen molar-refractivity contribution in [2.24, 2.45) is 5.92 Å².